The van der Waals surface area contributed by atoms with Gasteiger partial charge in [0.25, 0.3) is 0 Å². The predicted molar refractivity (Wildman–Crippen MR) is 33.2 cm³/mol. The van der Waals surface area contributed by atoms with Gasteiger partial charge in [0.1, 0.15) is 5.78 Å². The van der Waals surface area contributed by atoms with Gasteiger partial charge in [-0.1, -0.05) is 6.08 Å². The van der Waals surface area contributed by atoms with Gasteiger partial charge in [-0.3, -0.25) is 4.79 Å². The Kier molecular flexibility index (Phi) is 2.92. The van der Waals surface area contributed by atoms with E-state index >= 15 is 0 Å². The van der Waals surface area contributed by atoms with Gasteiger partial charge in [0, 0.05) is 12.1 Å². The quantitative estimate of drug-likeness (QED) is 0.576. The number of carbonyl (C=O) groups is 1. The second-order valence-electron chi connectivity index (χ2n) is 1.85. The van der Waals surface area contributed by atoms with Crippen molar-refractivity contribution in [3.05, 3.63) is 11.8 Å². The van der Waals surface area contributed by atoms with Crippen molar-refractivity contribution in [1.82, 2.24) is 0 Å². The molecule has 0 aromatic heterocycles. The van der Waals surface area contributed by atoms with Crippen molar-refractivity contribution in [3.63, 3.8) is 0 Å². The number of rotatable bonds is 2. The Balaban J connectivity index is 3.45. The van der Waals surface area contributed by atoms with Gasteiger partial charge >= 0.3 is 0 Å². The van der Waals surface area contributed by atoms with E-state index in [4.69, 9.17) is 5.73 Å². The Bertz CT molecular complexity index is 112. The number of Topliss-reactive ketones (excluding diaryl/α,β-unsaturated/α-hetero) is 1. The van der Waals surface area contributed by atoms with Gasteiger partial charge in [-0.05, 0) is 13.8 Å². The van der Waals surface area contributed by atoms with E-state index in [9.17, 15) is 4.79 Å². The van der Waals surface area contributed by atoms with E-state index in [0.29, 0.717) is 12.1 Å². The number of hydrogen-bond acceptors (Lipinski definition) is 2. The van der Waals surface area contributed by atoms with Crippen LogP contribution in [0.2, 0.25) is 0 Å². The minimum absolute atomic E-state index is 0.148. The molecular formula is C6H11NO. The summed E-state index contributed by atoms with van der Waals surface area (Å²) in [5.74, 6) is 0.148. The van der Waals surface area contributed by atoms with Crippen molar-refractivity contribution in [2.24, 2.45) is 5.73 Å². The average molecular weight is 113 g/mol. The molecule has 2 nitrogen and oxygen atoms in total. The summed E-state index contributed by atoms with van der Waals surface area (Å²) >= 11 is 0. The second-order valence-corrected chi connectivity index (χ2v) is 1.85. The Morgan fingerprint density at radius 2 is 2.12 bits per heavy atom. The third-order valence-electron chi connectivity index (χ3n) is 0.711. The normalized spacial score (nSPS) is 11.5. The summed E-state index contributed by atoms with van der Waals surface area (Å²) in [4.78, 5) is 10.2. The first-order valence-corrected chi connectivity index (χ1v) is 2.54. The van der Waals surface area contributed by atoms with Crippen LogP contribution in [0.4, 0.5) is 0 Å². The summed E-state index contributed by atoms with van der Waals surface area (Å²) in [5.41, 5.74) is 5.96. The number of carbonyl (C=O) groups excluding carboxylic acids is 1. The zero-order valence-corrected chi connectivity index (χ0v) is 5.27. The highest BCUT2D eigenvalue weighted by atomic mass is 16.1. The largest absolute Gasteiger partial charge is 0.403 e. The Hall–Kier alpha value is -0.790. The molecule has 2 N–H and O–H groups in total. The summed E-state index contributed by atoms with van der Waals surface area (Å²) in [6.07, 6.45) is 2.17. The molecule has 0 fully saturated rings. The standard InChI is InChI=1S/C6H11NO/c1-5(7)3-4-6(2)8/h3H,4,7H2,1-2H3/b5-3-. The summed E-state index contributed by atoms with van der Waals surface area (Å²) in [6, 6.07) is 0. The summed E-state index contributed by atoms with van der Waals surface area (Å²) < 4.78 is 0. The predicted octanol–water partition coefficient (Wildman–Crippen LogP) is 0.828. The molecule has 0 aliphatic carbocycles. The van der Waals surface area contributed by atoms with E-state index < -0.39 is 0 Å². The van der Waals surface area contributed by atoms with Crippen LogP contribution in [0, 0.1) is 0 Å². The van der Waals surface area contributed by atoms with Crippen LogP contribution in [0.25, 0.3) is 0 Å². The molecule has 0 atom stereocenters. The van der Waals surface area contributed by atoms with Gasteiger partial charge in [0.05, 0.1) is 0 Å². The smallest absolute Gasteiger partial charge is 0.133 e. The van der Waals surface area contributed by atoms with E-state index in [2.05, 4.69) is 0 Å². The molecule has 0 heterocycles. The molecule has 0 unspecified atom stereocenters. The van der Waals surface area contributed by atoms with Crippen LogP contribution >= 0.6 is 0 Å². The summed E-state index contributed by atoms with van der Waals surface area (Å²) in [5, 5.41) is 0. The van der Waals surface area contributed by atoms with E-state index in [-0.39, 0.29) is 5.78 Å². The van der Waals surface area contributed by atoms with E-state index in [1.807, 2.05) is 0 Å². The minimum Gasteiger partial charge on any atom is -0.403 e. The maximum Gasteiger partial charge on any atom is 0.133 e. The van der Waals surface area contributed by atoms with Crippen LogP contribution < -0.4 is 5.73 Å². The molecule has 46 valence electrons. The van der Waals surface area contributed by atoms with Gasteiger partial charge in [0.2, 0.25) is 0 Å². The molecular weight excluding hydrogens is 102 g/mol. The third kappa shape index (κ3) is 5.21. The van der Waals surface area contributed by atoms with Gasteiger partial charge in [-0.25, -0.2) is 0 Å². The SMILES string of the molecule is CC(=O)C/C=C(/C)N. The molecule has 0 saturated heterocycles. The number of nitrogens with two attached hydrogens (primary N) is 1. The monoisotopic (exact) mass is 113 g/mol. The maximum absolute atomic E-state index is 10.2. The lowest BCUT2D eigenvalue weighted by Gasteiger charge is -1.86. The van der Waals surface area contributed by atoms with Crippen LogP contribution in [0.5, 0.6) is 0 Å². The Morgan fingerprint density at radius 1 is 1.62 bits per heavy atom. The van der Waals surface area contributed by atoms with E-state index in [1.165, 1.54) is 0 Å². The fourth-order valence-corrected chi connectivity index (χ4v) is 0.305. The van der Waals surface area contributed by atoms with Crippen LogP contribution in [0.1, 0.15) is 20.3 Å². The van der Waals surface area contributed by atoms with Crippen molar-refractivity contribution in [2.75, 3.05) is 0 Å². The van der Waals surface area contributed by atoms with Crippen LogP contribution in [-0.4, -0.2) is 5.78 Å². The number of ketones is 1. The lowest BCUT2D eigenvalue weighted by Crippen LogP contribution is -1.92. The molecule has 0 rings (SSSR count). The molecule has 0 aliphatic rings. The molecule has 8 heavy (non-hydrogen) atoms. The molecule has 0 amide bonds. The van der Waals surface area contributed by atoms with Crippen LogP contribution in [0.15, 0.2) is 11.8 Å². The van der Waals surface area contributed by atoms with Crippen molar-refractivity contribution in [3.8, 4) is 0 Å². The minimum atomic E-state index is 0.148. The Labute approximate surface area is 49.4 Å². The first kappa shape index (κ1) is 7.21. The molecule has 0 aromatic rings. The fourth-order valence-electron chi connectivity index (χ4n) is 0.305. The van der Waals surface area contributed by atoms with Crippen molar-refractivity contribution < 1.29 is 4.79 Å². The maximum atomic E-state index is 10.2. The van der Waals surface area contributed by atoms with Crippen molar-refractivity contribution in [1.29, 1.82) is 0 Å². The highest BCUT2D eigenvalue weighted by Crippen LogP contribution is 1.86. The van der Waals surface area contributed by atoms with Gasteiger partial charge in [-0.15, -0.1) is 0 Å². The lowest BCUT2D eigenvalue weighted by molar-refractivity contribution is -0.116. The summed E-state index contributed by atoms with van der Waals surface area (Å²) in [7, 11) is 0. The highest BCUT2D eigenvalue weighted by molar-refractivity contribution is 5.77. The van der Waals surface area contributed by atoms with Crippen LogP contribution in [-0.2, 0) is 4.79 Å². The zero-order chi connectivity index (χ0) is 6.57. The zero-order valence-electron chi connectivity index (χ0n) is 5.27. The third-order valence-corrected chi connectivity index (χ3v) is 0.711. The second kappa shape index (κ2) is 3.24. The van der Waals surface area contributed by atoms with Gasteiger partial charge in [-0.2, -0.15) is 0 Å². The fraction of sp³-hybridized carbons (Fsp3) is 0.500. The molecule has 0 radical (unpaired) electrons. The Morgan fingerprint density at radius 3 is 2.25 bits per heavy atom. The molecule has 2 heteroatoms. The molecule has 0 aliphatic heterocycles. The van der Waals surface area contributed by atoms with E-state index in [1.54, 1.807) is 19.9 Å². The topological polar surface area (TPSA) is 43.1 Å². The number of allylic oxidation sites excluding steroid dienone is 2. The van der Waals surface area contributed by atoms with Crippen molar-refractivity contribution >= 4 is 5.78 Å². The highest BCUT2D eigenvalue weighted by Gasteiger charge is 1.85. The first-order chi connectivity index (χ1) is 3.63. The molecule has 0 aromatic carbocycles. The van der Waals surface area contributed by atoms with Gasteiger partial charge < -0.3 is 5.73 Å². The van der Waals surface area contributed by atoms with E-state index in [0.717, 1.165) is 0 Å². The molecule has 0 spiro atoms. The summed E-state index contributed by atoms with van der Waals surface area (Å²) in [6.45, 7) is 3.31. The molecule has 0 bridgehead atoms. The van der Waals surface area contributed by atoms with Crippen molar-refractivity contribution in [2.45, 2.75) is 20.3 Å². The lowest BCUT2D eigenvalue weighted by atomic mass is 10.3. The number of hydrogen-bond donors (Lipinski definition) is 1. The van der Waals surface area contributed by atoms with Gasteiger partial charge in [0.15, 0.2) is 0 Å². The van der Waals surface area contributed by atoms with Crippen LogP contribution in [0.3, 0.4) is 0 Å². The molecule has 0 saturated carbocycles. The first-order valence-electron chi connectivity index (χ1n) is 2.54. The average Bonchev–Trinajstić information content (AvgIpc) is 1.61.